The largest absolute Gasteiger partial charge is 0.355 e. The summed E-state index contributed by atoms with van der Waals surface area (Å²) in [5.41, 5.74) is 13.2. The number of nitrogens with zero attached hydrogens (tertiary/aromatic N) is 3. The molecule has 4 heteroatoms. The van der Waals surface area contributed by atoms with Gasteiger partial charge in [-0.1, -0.05) is 35.4 Å². The van der Waals surface area contributed by atoms with Gasteiger partial charge in [0.2, 0.25) is 0 Å². The molecule has 3 N–H and O–H groups in total. The molecule has 1 aromatic carbocycles. The lowest BCUT2D eigenvalue weighted by molar-refractivity contribution is -0.415. The van der Waals surface area contributed by atoms with Gasteiger partial charge in [-0.3, -0.25) is 0 Å². The highest BCUT2D eigenvalue weighted by atomic mass is 15.1. The summed E-state index contributed by atoms with van der Waals surface area (Å²) in [4.78, 5) is 2.70. The molecule has 0 radical (unpaired) electrons. The summed E-state index contributed by atoms with van der Waals surface area (Å²) in [5, 5.41) is 3.49. The predicted octanol–water partition coefficient (Wildman–Crippen LogP) is 1.15. The number of benzene rings is 1. The summed E-state index contributed by atoms with van der Waals surface area (Å²) >= 11 is 0. The molecule has 4 nitrogen and oxygen atoms in total. The van der Waals surface area contributed by atoms with Crippen LogP contribution < -0.4 is 5.73 Å². The maximum atomic E-state index is 8.11. The van der Waals surface area contributed by atoms with Crippen LogP contribution in [0.2, 0.25) is 0 Å². The molecule has 1 rings (SSSR count). The van der Waals surface area contributed by atoms with Crippen LogP contribution in [0.4, 0.5) is 0 Å². The van der Waals surface area contributed by atoms with Crippen LogP contribution in [0.1, 0.15) is 5.56 Å². The van der Waals surface area contributed by atoms with E-state index in [9.17, 15) is 0 Å². The number of hydrogen-bond acceptors (Lipinski definition) is 1. The lowest BCUT2D eigenvalue weighted by atomic mass is 10.1. The van der Waals surface area contributed by atoms with Gasteiger partial charge < -0.3 is 5.73 Å². The second-order valence-corrected chi connectivity index (χ2v) is 2.97. The number of quaternary nitrogens is 1. The molecule has 0 bridgehead atoms. The zero-order chi connectivity index (χ0) is 9.52. The van der Waals surface area contributed by atoms with Crippen molar-refractivity contribution in [3.63, 3.8) is 0 Å². The smallest absolute Gasteiger partial charge is 0.0941 e. The van der Waals surface area contributed by atoms with Crippen molar-refractivity contribution >= 4 is 0 Å². The third-order valence-electron chi connectivity index (χ3n) is 1.77. The second kappa shape index (κ2) is 5.19. The Morgan fingerprint density at radius 3 is 2.69 bits per heavy atom. The minimum absolute atomic E-state index is 0.165. The lowest BCUT2D eigenvalue weighted by Gasteiger charge is -2.04. The first kappa shape index (κ1) is 9.58. The van der Waals surface area contributed by atoms with Crippen LogP contribution in [-0.4, -0.2) is 12.6 Å². The van der Waals surface area contributed by atoms with Gasteiger partial charge in [0.1, 0.15) is 0 Å². The van der Waals surface area contributed by atoms with E-state index in [0.717, 1.165) is 6.42 Å². The van der Waals surface area contributed by atoms with Gasteiger partial charge in [0.25, 0.3) is 0 Å². The average Bonchev–Trinajstić information content (AvgIpc) is 2.16. The van der Waals surface area contributed by atoms with Gasteiger partial charge in [0.15, 0.2) is 0 Å². The zero-order valence-corrected chi connectivity index (χ0v) is 7.43. The van der Waals surface area contributed by atoms with Crippen molar-refractivity contribution in [3.05, 3.63) is 46.3 Å². The van der Waals surface area contributed by atoms with E-state index in [1.807, 2.05) is 30.3 Å². The molecular formula is C9H13N4+. The van der Waals surface area contributed by atoms with E-state index in [4.69, 9.17) is 5.53 Å². The van der Waals surface area contributed by atoms with Gasteiger partial charge in [-0.2, -0.15) is 0 Å². The standard InChI is InChI=1S/C9H12N4/c10-9(7-12-13-11)6-8-4-2-1-3-5-8/h1-5,9H,6-7,10H2/p+1/t9-/m1/s1. The summed E-state index contributed by atoms with van der Waals surface area (Å²) in [6.45, 7) is 0.464. The maximum Gasteiger partial charge on any atom is 0.0941 e. The third kappa shape index (κ3) is 3.60. The topological polar surface area (TPSA) is 76.4 Å². The van der Waals surface area contributed by atoms with E-state index in [0.29, 0.717) is 6.54 Å². The molecule has 68 valence electrons. The molecule has 0 aliphatic rings. The van der Waals surface area contributed by atoms with Gasteiger partial charge in [0.05, 0.1) is 12.6 Å². The first-order chi connectivity index (χ1) is 6.33. The summed E-state index contributed by atoms with van der Waals surface area (Å²) in [6.07, 6.45) is 0.861. The van der Waals surface area contributed by atoms with Crippen LogP contribution in [0.5, 0.6) is 0 Å². The van der Waals surface area contributed by atoms with Crippen molar-refractivity contribution in [2.45, 2.75) is 12.5 Å². The third-order valence-corrected chi connectivity index (χ3v) is 1.77. The highest BCUT2D eigenvalue weighted by Crippen LogP contribution is 2.00. The predicted molar refractivity (Wildman–Crippen MR) is 50.8 cm³/mol. The molecule has 0 saturated heterocycles. The van der Waals surface area contributed by atoms with E-state index < -0.39 is 0 Å². The fraction of sp³-hybridized carbons (Fsp3) is 0.333. The molecule has 0 aromatic heterocycles. The number of azide groups is 1. The van der Waals surface area contributed by atoms with Crippen LogP contribution >= 0.6 is 0 Å². The van der Waals surface area contributed by atoms with E-state index in [-0.39, 0.29) is 6.04 Å². The summed E-state index contributed by atoms with van der Waals surface area (Å²) in [5.74, 6) is 0. The van der Waals surface area contributed by atoms with Gasteiger partial charge in [-0.15, -0.1) is 0 Å². The Bertz CT molecular complexity index is 290. The van der Waals surface area contributed by atoms with Crippen molar-refractivity contribution in [1.29, 1.82) is 0 Å². The minimum Gasteiger partial charge on any atom is -0.355 e. The fourth-order valence-corrected chi connectivity index (χ4v) is 1.16. The first-order valence-corrected chi connectivity index (χ1v) is 4.21. The monoisotopic (exact) mass is 177 g/mol. The molecule has 0 aliphatic heterocycles. The molecule has 0 heterocycles. The quantitative estimate of drug-likeness (QED) is 0.407. The Balaban J connectivity index is 2.45. The van der Waals surface area contributed by atoms with Crippen molar-refractivity contribution in [3.8, 4) is 0 Å². The highest BCUT2D eigenvalue weighted by molar-refractivity contribution is 5.15. The van der Waals surface area contributed by atoms with Gasteiger partial charge >= 0.3 is 0 Å². The van der Waals surface area contributed by atoms with Crippen LogP contribution in [-0.2, 0) is 6.42 Å². The SMILES string of the molecule is [N-]=[N+]=NC[C@H]([NH3+])Cc1ccccc1. The number of rotatable bonds is 4. The molecule has 0 saturated carbocycles. The summed E-state index contributed by atoms with van der Waals surface area (Å²) < 4.78 is 0. The molecule has 0 amide bonds. The van der Waals surface area contributed by atoms with Crippen LogP contribution in [0, 0.1) is 0 Å². The van der Waals surface area contributed by atoms with Crippen LogP contribution in [0.15, 0.2) is 35.4 Å². The van der Waals surface area contributed by atoms with E-state index in [1.54, 1.807) is 0 Å². The lowest BCUT2D eigenvalue weighted by Crippen LogP contribution is -2.63. The van der Waals surface area contributed by atoms with Crippen molar-refractivity contribution < 1.29 is 5.73 Å². The molecule has 0 fully saturated rings. The Hall–Kier alpha value is -1.51. The van der Waals surface area contributed by atoms with Gasteiger partial charge in [-0.25, -0.2) is 0 Å². The fourth-order valence-electron chi connectivity index (χ4n) is 1.16. The van der Waals surface area contributed by atoms with Crippen LogP contribution in [0.3, 0.4) is 0 Å². The van der Waals surface area contributed by atoms with Gasteiger partial charge in [0, 0.05) is 11.3 Å². The van der Waals surface area contributed by atoms with Crippen molar-refractivity contribution in [2.75, 3.05) is 6.54 Å². The molecule has 1 atom stereocenters. The maximum absolute atomic E-state index is 8.11. The van der Waals surface area contributed by atoms with Crippen LogP contribution in [0.25, 0.3) is 10.4 Å². The second-order valence-electron chi connectivity index (χ2n) is 2.97. The summed E-state index contributed by atoms with van der Waals surface area (Å²) in [7, 11) is 0. The van der Waals surface area contributed by atoms with E-state index >= 15 is 0 Å². The summed E-state index contributed by atoms with van der Waals surface area (Å²) in [6, 6.07) is 10.2. The Morgan fingerprint density at radius 1 is 1.38 bits per heavy atom. The van der Waals surface area contributed by atoms with Crippen molar-refractivity contribution in [1.82, 2.24) is 0 Å². The molecular weight excluding hydrogens is 164 g/mol. The minimum atomic E-state index is 0.165. The molecule has 0 spiro atoms. The number of hydrogen-bond donors (Lipinski definition) is 1. The van der Waals surface area contributed by atoms with Gasteiger partial charge in [-0.05, 0) is 11.1 Å². The molecule has 0 unspecified atom stereocenters. The van der Waals surface area contributed by atoms with E-state index in [1.165, 1.54) is 5.56 Å². The molecule has 13 heavy (non-hydrogen) atoms. The molecule has 1 aromatic rings. The molecule has 0 aliphatic carbocycles. The Labute approximate surface area is 77.0 Å². The van der Waals surface area contributed by atoms with E-state index in [2.05, 4.69) is 15.8 Å². The Kier molecular flexibility index (Phi) is 3.82. The Morgan fingerprint density at radius 2 is 2.08 bits per heavy atom. The highest BCUT2D eigenvalue weighted by Gasteiger charge is 2.04. The zero-order valence-electron chi connectivity index (χ0n) is 7.43. The first-order valence-electron chi connectivity index (χ1n) is 4.21. The van der Waals surface area contributed by atoms with Crippen molar-refractivity contribution in [2.24, 2.45) is 5.11 Å². The average molecular weight is 177 g/mol. The normalized spacial score (nSPS) is 11.8.